The lowest BCUT2D eigenvalue weighted by atomic mass is 10.2. The van der Waals surface area contributed by atoms with Gasteiger partial charge in [0.1, 0.15) is 11.6 Å². The SMILES string of the molecule is CCCCc1nc(C)cc(NCCNc2nnc(CNC)o2)n1. The third kappa shape index (κ3) is 5.82. The van der Waals surface area contributed by atoms with Gasteiger partial charge in [0, 0.05) is 31.3 Å². The zero-order valence-electron chi connectivity index (χ0n) is 14.0. The average molecular weight is 319 g/mol. The summed E-state index contributed by atoms with van der Waals surface area (Å²) in [5, 5.41) is 17.2. The summed E-state index contributed by atoms with van der Waals surface area (Å²) in [6.45, 7) is 6.08. The molecule has 8 heteroatoms. The molecule has 0 aromatic carbocycles. The normalized spacial score (nSPS) is 10.7. The Labute approximate surface area is 136 Å². The summed E-state index contributed by atoms with van der Waals surface area (Å²) in [6, 6.07) is 2.38. The summed E-state index contributed by atoms with van der Waals surface area (Å²) in [4.78, 5) is 9.00. The predicted molar refractivity (Wildman–Crippen MR) is 89.4 cm³/mol. The second-order valence-corrected chi connectivity index (χ2v) is 5.30. The van der Waals surface area contributed by atoms with Crippen molar-refractivity contribution in [2.75, 3.05) is 30.8 Å². The van der Waals surface area contributed by atoms with E-state index in [0.717, 1.165) is 36.6 Å². The van der Waals surface area contributed by atoms with E-state index >= 15 is 0 Å². The van der Waals surface area contributed by atoms with Crippen molar-refractivity contribution in [1.29, 1.82) is 0 Å². The topological polar surface area (TPSA) is 101 Å². The van der Waals surface area contributed by atoms with Crippen LogP contribution in [0.1, 0.15) is 37.2 Å². The fourth-order valence-corrected chi connectivity index (χ4v) is 2.07. The molecular weight excluding hydrogens is 294 g/mol. The zero-order valence-corrected chi connectivity index (χ0v) is 14.0. The van der Waals surface area contributed by atoms with Crippen molar-refractivity contribution in [3.05, 3.63) is 23.5 Å². The Hall–Kier alpha value is -2.22. The molecule has 0 unspecified atom stereocenters. The van der Waals surface area contributed by atoms with Gasteiger partial charge in [0.05, 0.1) is 6.54 Å². The lowest BCUT2D eigenvalue weighted by Gasteiger charge is -2.08. The van der Waals surface area contributed by atoms with Gasteiger partial charge < -0.3 is 20.4 Å². The number of hydrogen-bond donors (Lipinski definition) is 3. The molecular formula is C15H25N7O. The summed E-state index contributed by atoms with van der Waals surface area (Å²) in [6.07, 6.45) is 3.17. The average Bonchev–Trinajstić information content (AvgIpc) is 2.97. The quantitative estimate of drug-likeness (QED) is 0.569. The largest absolute Gasteiger partial charge is 0.407 e. The van der Waals surface area contributed by atoms with Gasteiger partial charge in [0.2, 0.25) is 5.89 Å². The van der Waals surface area contributed by atoms with Crippen LogP contribution in [0.4, 0.5) is 11.8 Å². The molecule has 3 N–H and O–H groups in total. The number of aromatic nitrogens is 4. The molecule has 0 saturated carbocycles. The van der Waals surface area contributed by atoms with Crippen molar-refractivity contribution in [1.82, 2.24) is 25.5 Å². The maximum Gasteiger partial charge on any atom is 0.315 e. The van der Waals surface area contributed by atoms with E-state index in [9.17, 15) is 0 Å². The van der Waals surface area contributed by atoms with Crippen LogP contribution in [0.5, 0.6) is 0 Å². The summed E-state index contributed by atoms with van der Waals surface area (Å²) in [5.41, 5.74) is 0.982. The van der Waals surface area contributed by atoms with Crippen molar-refractivity contribution in [3.63, 3.8) is 0 Å². The highest BCUT2D eigenvalue weighted by Gasteiger charge is 2.05. The second kappa shape index (κ2) is 9.04. The van der Waals surface area contributed by atoms with E-state index in [0.29, 0.717) is 31.5 Å². The first-order chi connectivity index (χ1) is 11.2. The monoisotopic (exact) mass is 319 g/mol. The van der Waals surface area contributed by atoms with E-state index in [2.05, 4.69) is 43.0 Å². The third-order valence-electron chi connectivity index (χ3n) is 3.16. The minimum absolute atomic E-state index is 0.430. The minimum atomic E-state index is 0.430. The zero-order chi connectivity index (χ0) is 16.5. The van der Waals surface area contributed by atoms with Crippen LogP contribution < -0.4 is 16.0 Å². The highest BCUT2D eigenvalue weighted by atomic mass is 16.4. The number of nitrogens with zero attached hydrogens (tertiary/aromatic N) is 4. The Morgan fingerprint density at radius 2 is 1.96 bits per heavy atom. The molecule has 0 fully saturated rings. The van der Waals surface area contributed by atoms with Crippen molar-refractivity contribution in [2.45, 2.75) is 39.7 Å². The molecule has 2 aromatic rings. The lowest BCUT2D eigenvalue weighted by molar-refractivity contribution is 0.490. The first-order valence-corrected chi connectivity index (χ1v) is 8.00. The molecule has 2 rings (SSSR count). The maximum atomic E-state index is 5.41. The van der Waals surface area contributed by atoms with Crippen LogP contribution in [0, 0.1) is 6.92 Å². The van der Waals surface area contributed by atoms with Gasteiger partial charge in [-0.05, 0) is 20.4 Å². The Morgan fingerprint density at radius 1 is 1.13 bits per heavy atom. The van der Waals surface area contributed by atoms with Gasteiger partial charge in [0.25, 0.3) is 0 Å². The van der Waals surface area contributed by atoms with Gasteiger partial charge >= 0.3 is 6.01 Å². The van der Waals surface area contributed by atoms with Crippen LogP contribution in [0.15, 0.2) is 10.5 Å². The van der Waals surface area contributed by atoms with Crippen molar-refractivity contribution < 1.29 is 4.42 Å². The Bertz CT molecular complexity index is 599. The van der Waals surface area contributed by atoms with Crippen LogP contribution in [-0.4, -0.2) is 40.3 Å². The Kier molecular flexibility index (Phi) is 6.74. The fourth-order valence-electron chi connectivity index (χ4n) is 2.07. The highest BCUT2D eigenvalue weighted by Crippen LogP contribution is 2.08. The summed E-state index contributed by atoms with van der Waals surface area (Å²) in [5.74, 6) is 2.32. The number of unbranched alkanes of at least 4 members (excludes halogenated alkanes) is 1. The van der Waals surface area contributed by atoms with E-state index in [-0.39, 0.29) is 0 Å². The molecule has 2 heterocycles. The van der Waals surface area contributed by atoms with E-state index in [1.165, 1.54) is 0 Å². The molecule has 2 aromatic heterocycles. The number of hydrogen-bond acceptors (Lipinski definition) is 8. The van der Waals surface area contributed by atoms with E-state index in [1.807, 2.05) is 20.0 Å². The van der Waals surface area contributed by atoms with Gasteiger partial charge in [-0.25, -0.2) is 9.97 Å². The maximum absolute atomic E-state index is 5.41. The van der Waals surface area contributed by atoms with Gasteiger partial charge in [-0.3, -0.25) is 0 Å². The molecule has 23 heavy (non-hydrogen) atoms. The van der Waals surface area contributed by atoms with Crippen molar-refractivity contribution in [2.24, 2.45) is 0 Å². The second-order valence-electron chi connectivity index (χ2n) is 5.30. The smallest absolute Gasteiger partial charge is 0.315 e. The lowest BCUT2D eigenvalue weighted by Crippen LogP contribution is -2.15. The highest BCUT2D eigenvalue weighted by molar-refractivity contribution is 5.36. The van der Waals surface area contributed by atoms with Crippen LogP contribution in [0.25, 0.3) is 0 Å². The van der Waals surface area contributed by atoms with E-state index in [1.54, 1.807) is 0 Å². The molecule has 0 radical (unpaired) electrons. The molecule has 0 aliphatic rings. The number of aryl methyl sites for hydroxylation is 2. The Balaban J connectivity index is 1.77. The van der Waals surface area contributed by atoms with E-state index in [4.69, 9.17) is 4.42 Å². The van der Waals surface area contributed by atoms with Crippen molar-refractivity contribution in [3.8, 4) is 0 Å². The van der Waals surface area contributed by atoms with Crippen LogP contribution >= 0.6 is 0 Å². The van der Waals surface area contributed by atoms with E-state index < -0.39 is 0 Å². The minimum Gasteiger partial charge on any atom is -0.407 e. The Morgan fingerprint density at radius 3 is 2.74 bits per heavy atom. The number of anilines is 2. The summed E-state index contributed by atoms with van der Waals surface area (Å²) in [7, 11) is 1.83. The summed E-state index contributed by atoms with van der Waals surface area (Å²) >= 11 is 0. The van der Waals surface area contributed by atoms with Gasteiger partial charge in [-0.2, -0.15) is 0 Å². The molecule has 0 spiro atoms. The molecule has 0 saturated heterocycles. The molecule has 0 aliphatic carbocycles. The van der Waals surface area contributed by atoms with Crippen LogP contribution in [0.3, 0.4) is 0 Å². The first-order valence-electron chi connectivity index (χ1n) is 8.00. The van der Waals surface area contributed by atoms with Gasteiger partial charge in [-0.15, -0.1) is 5.10 Å². The fraction of sp³-hybridized carbons (Fsp3) is 0.600. The first kappa shape index (κ1) is 17.1. The molecule has 8 nitrogen and oxygen atoms in total. The number of rotatable bonds is 10. The number of nitrogens with one attached hydrogen (secondary N) is 3. The summed E-state index contributed by atoms with van der Waals surface area (Å²) < 4.78 is 5.41. The molecule has 0 aliphatic heterocycles. The predicted octanol–water partition coefficient (Wildman–Crippen LogP) is 1.75. The van der Waals surface area contributed by atoms with Gasteiger partial charge in [0.15, 0.2) is 0 Å². The molecule has 0 amide bonds. The molecule has 0 atom stereocenters. The van der Waals surface area contributed by atoms with Crippen LogP contribution in [-0.2, 0) is 13.0 Å². The standard InChI is InChI=1S/C15H25N7O/c1-4-5-6-12-19-11(2)9-13(20-12)17-7-8-18-15-22-21-14(23-15)10-16-3/h9,16H,4-8,10H2,1-3H3,(H,18,22)(H,17,19,20). The van der Waals surface area contributed by atoms with Crippen molar-refractivity contribution >= 4 is 11.8 Å². The third-order valence-corrected chi connectivity index (χ3v) is 3.16. The van der Waals surface area contributed by atoms with Crippen LogP contribution in [0.2, 0.25) is 0 Å². The molecule has 0 bridgehead atoms. The molecule has 126 valence electrons. The van der Waals surface area contributed by atoms with Gasteiger partial charge in [-0.1, -0.05) is 18.4 Å².